The highest BCUT2D eigenvalue weighted by Crippen LogP contribution is 2.10. The van der Waals surface area contributed by atoms with Gasteiger partial charge in [-0.2, -0.15) is 5.26 Å². The number of carbonyl (C=O) groups excluding carboxylic acids is 1. The Bertz CT molecular complexity index is 219. The predicted octanol–water partition coefficient (Wildman–Crippen LogP) is -0.605. The molecule has 0 spiro atoms. The van der Waals surface area contributed by atoms with Crippen LogP contribution in [0.5, 0.6) is 0 Å². The summed E-state index contributed by atoms with van der Waals surface area (Å²) in [6, 6.07) is 1.85. The van der Waals surface area contributed by atoms with Crippen molar-refractivity contribution in [2.24, 2.45) is 0 Å². The maximum Gasteiger partial charge on any atom is 0.234 e. The van der Waals surface area contributed by atoms with Crippen LogP contribution in [0.15, 0.2) is 0 Å². The van der Waals surface area contributed by atoms with E-state index in [1.807, 2.05) is 6.07 Å². The lowest BCUT2D eigenvalue weighted by atomic mass is 10.2. The minimum atomic E-state index is -0.149. The first-order valence-corrected chi connectivity index (χ1v) is 4.79. The van der Waals surface area contributed by atoms with Crippen molar-refractivity contribution in [2.45, 2.75) is 18.9 Å². The topological polar surface area (TPSA) is 74.2 Å². The highest BCUT2D eigenvalue weighted by Gasteiger charge is 2.14. The fourth-order valence-electron chi connectivity index (χ4n) is 1.35. The van der Waals surface area contributed by atoms with Crippen LogP contribution in [0.1, 0.15) is 12.8 Å². The molecule has 1 rings (SSSR count). The molecule has 0 aromatic heterocycles. The van der Waals surface area contributed by atoms with Crippen LogP contribution in [0.25, 0.3) is 0 Å². The van der Waals surface area contributed by atoms with Crippen molar-refractivity contribution in [3.05, 3.63) is 0 Å². The fourth-order valence-corrected chi connectivity index (χ4v) is 1.35. The number of hydrogen-bond acceptors (Lipinski definition) is 4. The zero-order valence-electron chi connectivity index (χ0n) is 8.08. The molecule has 0 aromatic carbocycles. The van der Waals surface area contributed by atoms with E-state index in [9.17, 15) is 4.79 Å². The summed E-state index contributed by atoms with van der Waals surface area (Å²) in [4.78, 5) is 11.0. The number of nitrogens with zero attached hydrogens (tertiary/aromatic N) is 1. The molecule has 0 bridgehead atoms. The normalized spacial score (nSPS) is 20.4. The number of hydrogen-bond donors (Lipinski definition) is 2. The molecule has 14 heavy (non-hydrogen) atoms. The summed E-state index contributed by atoms with van der Waals surface area (Å²) in [5.74, 6) is -0.149. The van der Waals surface area contributed by atoms with Crippen molar-refractivity contribution >= 4 is 5.91 Å². The van der Waals surface area contributed by atoms with Gasteiger partial charge >= 0.3 is 0 Å². The van der Waals surface area contributed by atoms with Crippen LogP contribution in [-0.2, 0) is 9.53 Å². The molecule has 1 fully saturated rings. The predicted molar refractivity (Wildman–Crippen MR) is 50.5 cm³/mol. The van der Waals surface area contributed by atoms with E-state index in [2.05, 4.69) is 10.6 Å². The SMILES string of the molecule is N#CCNC(=O)CNCC1CCCO1. The number of ether oxygens (including phenoxy) is 1. The van der Waals surface area contributed by atoms with E-state index >= 15 is 0 Å². The standard InChI is InChI=1S/C9H15N3O2/c10-3-4-12-9(13)7-11-6-8-2-1-5-14-8/h8,11H,1-2,4-7H2,(H,12,13). The molecule has 1 saturated heterocycles. The average molecular weight is 197 g/mol. The smallest absolute Gasteiger partial charge is 0.234 e. The number of nitrogens with one attached hydrogen (secondary N) is 2. The van der Waals surface area contributed by atoms with E-state index in [1.165, 1.54) is 0 Å². The molecule has 5 heteroatoms. The lowest BCUT2D eigenvalue weighted by Crippen LogP contribution is -2.37. The molecule has 5 nitrogen and oxygen atoms in total. The van der Waals surface area contributed by atoms with Crippen molar-refractivity contribution < 1.29 is 9.53 Å². The number of rotatable bonds is 5. The number of nitriles is 1. The Morgan fingerprint density at radius 2 is 2.50 bits per heavy atom. The maximum atomic E-state index is 11.0. The summed E-state index contributed by atoms with van der Waals surface area (Å²) in [6.45, 7) is 1.86. The van der Waals surface area contributed by atoms with Crippen molar-refractivity contribution in [3.63, 3.8) is 0 Å². The van der Waals surface area contributed by atoms with Gasteiger partial charge in [0.05, 0.1) is 18.7 Å². The highest BCUT2D eigenvalue weighted by atomic mass is 16.5. The average Bonchev–Trinajstić information content (AvgIpc) is 2.67. The van der Waals surface area contributed by atoms with Crippen LogP contribution in [-0.4, -0.2) is 38.3 Å². The minimum Gasteiger partial charge on any atom is -0.377 e. The number of carbonyl (C=O) groups is 1. The summed E-state index contributed by atoms with van der Waals surface area (Å²) in [6.07, 6.45) is 2.42. The van der Waals surface area contributed by atoms with Gasteiger partial charge < -0.3 is 15.4 Å². The molecule has 0 aliphatic carbocycles. The molecule has 2 N–H and O–H groups in total. The van der Waals surface area contributed by atoms with Crippen LogP contribution < -0.4 is 10.6 Å². The second-order valence-electron chi connectivity index (χ2n) is 3.20. The third-order valence-corrected chi connectivity index (χ3v) is 2.05. The van der Waals surface area contributed by atoms with Crippen LogP contribution in [0.2, 0.25) is 0 Å². The van der Waals surface area contributed by atoms with Gasteiger partial charge in [0.1, 0.15) is 6.54 Å². The Labute approximate surface area is 83.4 Å². The quantitative estimate of drug-likeness (QED) is 0.577. The molecule has 78 valence electrons. The summed E-state index contributed by atoms with van der Waals surface area (Å²) in [7, 11) is 0. The molecule has 1 aliphatic rings. The molecular weight excluding hydrogens is 182 g/mol. The van der Waals surface area contributed by atoms with Gasteiger partial charge in [0, 0.05) is 13.2 Å². The molecule has 0 aromatic rings. The number of amides is 1. The molecule has 1 amide bonds. The van der Waals surface area contributed by atoms with E-state index in [-0.39, 0.29) is 25.1 Å². The van der Waals surface area contributed by atoms with E-state index in [1.54, 1.807) is 0 Å². The fraction of sp³-hybridized carbons (Fsp3) is 0.778. The summed E-state index contributed by atoms with van der Waals surface area (Å²) in [5.41, 5.74) is 0. The van der Waals surface area contributed by atoms with E-state index < -0.39 is 0 Å². The second-order valence-corrected chi connectivity index (χ2v) is 3.20. The first kappa shape index (κ1) is 11.0. The first-order chi connectivity index (χ1) is 6.83. The molecule has 1 atom stereocenters. The molecule has 0 saturated carbocycles. The maximum absolute atomic E-state index is 11.0. The van der Waals surface area contributed by atoms with Gasteiger partial charge in [-0.3, -0.25) is 4.79 Å². The van der Waals surface area contributed by atoms with Gasteiger partial charge in [0.15, 0.2) is 0 Å². The van der Waals surface area contributed by atoms with Gasteiger partial charge in [-0.15, -0.1) is 0 Å². The van der Waals surface area contributed by atoms with E-state index in [4.69, 9.17) is 10.00 Å². The highest BCUT2D eigenvalue weighted by molar-refractivity contribution is 5.78. The third-order valence-electron chi connectivity index (χ3n) is 2.05. The van der Waals surface area contributed by atoms with E-state index in [0.29, 0.717) is 6.54 Å². The molecule has 0 radical (unpaired) electrons. The van der Waals surface area contributed by atoms with Gasteiger partial charge in [0.2, 0.25) is 5.91 Å². The first-order valence-electron chi connectivity index (χ1n) is 4.79. The molecule has 1 aliphatic heterocycles. The summed E-state index contributed by atoms with van der Waals surface area (Å²) in [5, 5.41) is 13.7. The second kappa shape index (κ2) is 6.35. The third kappa shape index (κ3) is 4.21. The lowest BCUT2D eigenvalue weighted by molar-refractivity contribution is -0.120. The molecule has 1 unspecified atom stereocenters. The van der Waals surface area contributed by atoms with Crippen LogP contribution >= 0.6 is 0 Å². The minimum absolute atomic E-state index is 0.0699. The van der Waals surface area contributed by atoms with E-state index in [0.717, 1.165) is 19.4 Å². The van der Waals surface area contributed by atoms with Crippen LogP contribution in [0.4, 0.5) is 0 Å². The van der Waals surface area contributed by atoms with Crippen LogP contribution in [0.3, 0.4) is 0 Å². The zero-order valence-corrected chi connectivity index (χ0v) is 8.08. The van der Waals surface area contributed by atoms with Crippen LogP contribution in [0, 0.1) is 11.3 Å². The Morgan fingerprint density at radius 1 is 1.64 bits per heavy atom. The Balaban J connectivity index is 1.97. The molecule has 1 heterocycles. The van der Waals surface area contributed by atoms with Gasteiger partial charge in [-0.05, 0) is 12.8 Å². The lowest BCUT2D eigenvalue weighted by Gasteiger charge is -2.09. The monoisotopic (exact) mass is 197 g/mol. The van der Waals surface area contributed by atoms with Crippen molar-refractivity contribution in [1.29, 1.82) is 5.26 Å². The summed E-state index contributed by atoms with van der Waals surface area (Å²) >= 11 is 0. The van der Waals surface area contributed by atoms with Crippen molar-refractivity contribution in [3.8, 4) is 6.07 Å². The zero-order chi connectivity index (χ0) is 10.2. The Hall–Kier alpha value is -1.12. The van der Waals surface area contributed by atoms with Gasteiger partial charge in [-0.25, -0.2) is 0 Å². The Kier molecular flexibility index (Phi) is 4.97. The summed E-state index contributed by atoms with van der Waals surface area (Å²) < 4.78 is 5.37. The van der Waals surface area contributed by atoms with Gasteiger partial charge in [0.25, 0.3) is 0 Å². The van der Waals surface area contributed by atoms with Crippen molar-refractivity contribution in [2.75, 3.05) is 26.2 Å². The van der Waals surface area contributed by atoms with Gasteiger partial charge in [-0.1, -0.05) is 0 Å². The van der Waals surface area contributed by atoms with Crippen molar-refractivity contribution in [1.82, 2.24) is 10.6 Å². The largest absolute Gasteiger partial charge is 0.377 e. The molecular formula is C9H15N3O2. The Morgan fingerprint density at radius 3 is 3.14 bits per heavy atom.